The highest BCUT2D eigenvalue weighted by atomic mass is 28.2. The molecule has 0 atom stereocenters. The summed E-state index contributed by atoms with van der Waals surface area (Å²) in [5, 5.41) is 1.66. The van der Waals surface area contributed by atoms with Crippen molar-refractivity contribution in [2.75, 3.05) is 0 Å². The zero-order valence-electron chi connectivity index (χ0n) is 11.7. The highest BCUT2D eigenvalue weighted by Gasteiger charge is 2.14. The second-order valence-electron chi connectivity index (χ2n) is 5.62. The van der Waals surface area contributed by atoms with Gasteiger partial charge in [-0.15, -0.1) is 0 Å². The predicted octanol–water partition coefficient (Wildman–Crippen LogP) is 4.41. The molecule has 19 heavy (non-hydrogen) atoms. The molecule has 0 fully saturated rings. The highest BCUT2D eigenvalue weighted by molar-refractivity contribution is 6.71. The van der Waals surface area contributed by atoms with E-state index in [1.165, 1.54) is 28.7 Å². The van der Waals surface area contributed by atoms with Gasteiger partial charge in [-0.05, 0) is 41.5 Å². The van der Waals surface area contributed by atoms with Crippen LogP contribution in [-0.4, -0.2) is 13.6 Å². The minimum Gasteiger partial charge on any atom is -0.0803 e. The second kappa shape index (κ2) is 5.26. The van der Waals surface area contributed by atoms with Gasteiger partial charge in [0.2, 0.25) is 0 Å². The third kappa shape index (κ3) is 2.61. The Labute approximate surface area is 117 Å². The van der Waals surface area contributed by atoms with Gasteiger partial charge in [-0.1, -0.05) is 66.8 Å². The van der Waals surface area contributed by atoms with Gasteiger partial charge in [0.1, 0.15) is 0 Å². The predicted molar refractivity (Wildman–Crippen MR) is 87.1 cm³/mol. The third-order valence-electron chi connectivity index (χ3n) is 4.00. The summed E-state index contributed by atoms with van der Waals surface area (Å²) in [5.74, 6) is 0. The minimum atomic E-state index is -0.291. The Balaban J connectivity index is 1.84. The van der Waals surface area contributed by atoms with Crippen LogP contribution >= 0.6 is 0 Å². The second-order valence-corrected chi connectivity index (χ2v) is 8.26. The van der Waals surface area contributed by atoms with Crippen LogP contribution in [0.3, 0.4) is 0 Å². The molecule has 0 bridgehead atoms. The molecule has 0 saturated heterocycles. The standard InChI is InChI=1S/C18H20Si/c1-19(2)17-8-5-6-14(13-17)12-16-11-10-15-7-3-4-9-18(15)16/h3-7,9,11,13H,8,10,12H2,1-2H3. The van der Waals surface area contributed by atoms with E-state index < -0.39 is 0 Å². The molecule has 0 unspecified atom stereocenters. The minimum absolute atomic E-state index is 0.291. The van der Waals surface area contributed by atoms with Gasteiger partial charge < -0.3 is 0 Å². The molecule has 1 aromatic rings. The Morgan fingerprint density at radius 3 is 2.79 bits per heavy atom. The van der Waals surface area contributed by atoms with Crippen molar-refractivity contribution >= 4 is 19.2 Å². The van der Waals surface area contributed by atoms with Crippen LogP contribution in [0.15, 0.2) is 54.1 Å². The molecular formula is C18H20Si. The van der Waals surface area contributed by atoms with Gasteiger partial charge >= 0.3 is 0 Å². The van der Waals surface area contributed by atoms with E-state index in [2.05, 4.69) is 61.7 Å². The van der Waals surface area contributed by atoms with E-state index in [9.17, 15) is 0 Å². The topological polar surface area (TPSA) is 0 Å². The van der Waals surface area contributed by atoms with Gasteiger partial charge in [-0.3, -0.25) is 0 Å². The van der Waals surface area contributed by atoms with Gasteiger partial charge in [0.15, 0.2) is 0 Å². The molecule has 96 valence electrons. The molecule has 0 nitrogen and oxygen atoms in total. The van der Waals surface area contributed by atoms with Crippen LogP contribution in [0.4, 0.5) is 0 Å². The maximum Gasteiger partial charge on any atom is 0.00789 e. The Morgan fingerprint density at radius 2 is 1.95 bits per heavy atom. The zero-order chi connectivity index (χ0) is 13.2. The Kier molecular flexibility index (Phi) is 3.47. The van der Waals surface area contributed by atoms with Crippen LogP contribution in [-0.2, 0) is 6.42 Å². The normalized spacial score (nSPS) is 17.1. The molecule has 0 radical (unpaired) electrons. The van der Waals surface area contributed by atoms with Crippen molar-refractivity contribution in [2.24, 2.45) is 0 Å². The van der Waals surface area contributed by atoms with E-state index in [0.29, 0.717) is 0 Å². The lowest BCUT2D eigenvalue weighted by atomic mass is 9.96. The summed E-state index contributed by atoms with van der Waals surface area (Å²) in [6.07, 6.45) is 12.9. The first-order chi connectivity index (χ1) is 9.24. The molecular weight excluding hydrogens is 244 g/mol. The average molecular weight is 264 g/mol. The fraction of sp³-hybridized carbons (Fsp3) is 0.278. The maximum atomic E-state index is 2.45. The van der Waals surface area contributed by atoms with Crippen LogP contribution in [0.2, 0.25) is 13.1 Å². The van der Waals surface area contributed by atoms with Crippen LogP contribution in [0.1, 0.15) is 24.0 Å². The summed E-state index contributed by atoms with van der Waals surface area (Å²) in [7, 11) is -0.291. The number of rotatable bonds is 2. The number of benzene rings is 1. The van der Waals surface area contributed by atoms with Crippen LogP contribution in [0, 0.1) is 0 Å². The molecule has 2 aliphatic rings. The summed E-state index contributed by atoms with van der Waals surface area (Å²) in [4.78, 5) is 0. The van der Waals surface area contributed by atoms with E-state index in [1.807, 2.05) is 0 Å². The van der Waals surface area contributed by atoms with E-state index in [0.717, 1.165) is 12.8 Å². The summed E-state index contributed by atoms with van der Waals surface area (Å²) < 4.78 is 0. The summed E-state index contributed by atoms with van der Waals surface area (Å²) in [6, 6.07) is 8.81. The first kappa shape index (κ1) is 12.6. The van der Waals surface area contributed by atoms with Gasteiger partial charge in [0.05, 0.1) is 0 Å². The lowest BCUT2D eigenvalue weighted by Crippen LogP contribution is -2.09. The smallest absolute Gasteiger partial charge is 0.00789 e. The molecule has 0 aliphatic heterocycles. The van der Waals surface area contributed by atoms with Crippen LogP contribution in [0.25, 0.3) is 5.57 Å². The van der Waals surface area contributed by atoms with Gasteiger partial charge in [0, 0.05) is 8.41 Å². The summed E-state index contributed by atoms with van der Waals surface area (Å²) in [6.45, 7) is 4.77. The fourth-order valence-electron chi connectivity index (χ4n) is 2.87. The average Bonchev–Trinajstić information content (AvgIpc) is 2.83. The summed E-state index contributed by atoms with van der Waals surface area (Å²) >= 11 is 0. The van der Waals surface area contributed by atoms with E-state index in [-0.39, 0.29) is 8.41 Å². The first-order valence-corrected chi connectivity index (χ1v) is 9.55. The fourth-order valence-corrected chi connectivity index (χ4v) is 3.87. The molecule has 1 aromatic carbocycles. The van der Waals surface area contributed by atoms with Crippen molar-refractivity contribution < 1.29 is 0 Å². The van der Waals surface area contributed by atoms with Gasteiger partial charge in [-0.25, -0.2) is 0 Å². The highest BCUT2D eigenvalue weighted by Crippen LogP contribution is 2.32. The molecule has 1 heteroatoms. The van der Waals surface area contributed by atoms with E-state index >= 15 is 0 Å². The first-order valence-electron chi connectivity index (χ1n) is 7.05. The van der Waals surface area contributed by atoms with Crippen molar-refractivity contribution in [3.05, 3.63) is 65.3 Å². The molecule has 2 aliphatic carbocycles. The molecule has 0 N–H and O–H groups in total. The van der Waals surface area contributed by atoms with Gasteiger partial charge in [0.25, 0.3) is 0 Å². The molecule has 3 rings (SSSR count). The van der Waals surface area contributed by atoms with Crippen molar-refractivity contribution in [3.63, 3.8) is 0 Å². The third-order valence-corrected chi connectivity index (χ3v) is 5.63. The van der Waals surface area contributed by atoms with Crippen molar-refractivity contribution in [2.45, 2.75) is 32.4 Å². The lowest BCUT2D eigenvalue weighted by molar-refractivity contribution is 1.28. The molecule has 0 saturated carbocycles. The van der Waals surface area contributed by atoms with Crippen LogP contribution < -0.4 is 0 Å². The number of hydrogen-bond donors (Lipinski definition) is 0. The Bertz CT molecular complexity index is 623. The Hall–Kier alpha value is -1.47. The van der Waals surface area contributed by atoms with E-state index in [1.54, 1.807) is 5.17 Å². The largest absolute Gasteiger partial charge is 0.0803 e. The quantitative estimate of drug-likeness (QED) is 0.694. The van der Waals surface area contributed by atoms with E-state index in [4.69, 9.17) is 0 Å². The molecule has 0 heterocycles. The van der Waals surface area contributed by atoms with Crippen molar-refractivity contribution in [1.29, 1.82) is 0 Å². The van der Waals surface area contributed by atoms with Crippen molar-refractivity contribution in [1.82, 2.24) is 0 Å². The monoisotopic (exact) mass is 264 g/mol. The molecule has 0 spiro atoms. The summed E-state index contributed by atoms with van der Waals surface area (Å²) in [5.41, 5.74) is 5.93. The zero-order valence-corrected chi connectivity index (χ0v) is 12.7. The number of hydrogen-bond acceptors (Lipinski definition) is 0. The maximum absolute atomic E-state index is 2.45. The van der Waals surface area contributed by atoms with Crippen LogP contribution in [0.5, 0.6) is 0 Å². The number of fused-ring (bicyclic) bond motifs is 1. The SMILES string of the molecule is C[Si](C)=C1C=C(CC2=CCc3ccccc32)C=CC1. The number of allylic oxidation sites excluding steroid dienone is 6. The van der Waals surface area contributed by atoms with Crippen molar-refractivity contribution in [3.8, 4) is 0 Å². The molecule has 0 amide bonds. The molecule has 0 aromatic heterocycles. The van der Waals surface area contributed by atoms with Gasteiger partial charge in [-0.2, -0.15) is 0 Å². The lowest BCUT2D eigenvalue weighted by Gasteiger charge is -2.13. The Morgan fingerprint density at radius 1 is 1.11 bits per heavy atom.